The predicted octanol–water partition coefficient (Wildman–Crippen LogP) is 4.10. The highest BCUT2D eigenvalue weighted by molar-refractivity contribution is 5.81. The molecule has 30 heavy (non-hydrogen) atoms. The molecule has 4 aromatic rings. The molecule has 6 heteroatoms. The lowest BCUT2D eigenvalue weighted by atomic mass is 10.1. The van der Waals surface area contributed by atoms with Crippen molar-refractivity contribution in [3.05, 3.63) is 78.4 Å². The maximum Gasteiger partial charge on any atom is 0.138 e. The van der Waals surface area contributed by atoms with Gasteiger partial charge in [-0.1, -0.05) is 30.3 Å². The highest BCUT2D eigenvalue weighted by Gasteiger charge is 2.17. The number of para-hydroxylation sites is 1. The van der Waals surface area contributed by atoms with Crippen LogP contribution >= 0.6 is 0 Å². The third-order valence-electron chi connectivity index (χ3n) is 5.70. The second-order valence-corrected chi connectivity index (χ2v) is 7.82. The first-order chi connectivity index (χ1) is 14.9. The van der Waals surface area contributed by atoms with Gasteiger partial charge in [0, 0.05) is 37.1 Å². The number of nitrogens with one attached hydrogen (secondary N) is 1. The molecule has 0 saturated carbocycles. The number of fused-ring (bicyclic) bond motifs is 1. The van der Waals surface area contributed by atoms with Crippen molar-refractivity contribution >= 4 is 16.7 Å². The van der Waals surface area contributed by atoms with Gasteiger partial charge in [-0.05, 0) is 49.1 Å². The molecule has 1 saturated heterocycles. The SMILES string of the molecule is c1ccc2nc(N3CCCCC3)c(CNCc3ccc(-n4cncn4)cc3)cc2c1. The summed E-state index contributed by atoms with van der Waals surface area (Å²) in [6, 6.07) is 19.1. The zero-order valence-corrected chi connectivity index (χ0v) is 17.0. The number of pyridine rings is 1. The second-order valence-electron chi connectivity index (χ2n) is 7.82. The fourth-order valence-corrected chi connectivity index (χ4v) is 4.11. The smallest absolute Gasteiger partial charge is 0.138 e. The van der Waals surface area contributed by atoms with E-state index >= 15 is 0 Å². The number of anilines is 1. The average molecular weight is 399 g/mol. The Balaban J connectivity index is 1.31. The molecule has 5 rings (SSSR count). The Morgan fingerprint density at radius 1 is 0.900 bits per heavy atom. The predicted molar refractivity (Wildman–Crippen MR) is 120 cm³/mol. The van der Waals surface area contributed by atoms with E-state index in [2.05, 4.69) is 74.9 Å². The van der Waals surface area contributed by atoms with Crippen molar-refractivity contribution in [2.24, 2.45) is 0 Å². The first-order valence-electron chi connectivity index (χ1n) is 10.6. The van der Waals surface area contributed by atoms with E-state index in [1.807, 2.05) is 0 Å². The molecular weight excluding hydrogens is 372 g/mol. The molecule has 0 unspecified atom stereocenters. The van der Waals surface area contributed by atoms with Gasteiger partial charge in [0.05, 0.1) is 11.2 Å². The van der Waals surface area contributed by atoms with Crippen LogP contribution in [0.1, 0.15) is 30.4 Å². The second kappa shape index (κ2) is 8.63. The molecule has 0 aliphatic carbocycles. The lowest BCUT2D eigenvalue weighted by Gasteiger charge is -2.30. The lowest BCUT2D eigenvalue weighted by molar-refractivity contribution is 0.570. The van der Waals surface area contributed by atoms with Crippen LogP contribution in [0.3, 0.4) is 0 Å². The Morgan fingerprint density at radius 2 is 1.73 bits per heavy atom. The number of benzene rings is 2. The molecule has 0 atom stereocenters. The summed E-state index contributed by atoms with van der Waals surface area (Å²) in [5, 5.41) is 8.99. The van der Waals surface area contributed by atoms with Crippen molar-refractivity contribution in [1.29, 1.82) is 0 Å². The van der Waals surface area contributed by atoms with Crippen LogP contribution in [0.15, 0.2) is 67.3 Å². The van der Waals surface area contributed by atoms with Gasteiger partial charge in [-0.3, -0.25) is 0 Å². The standard InChI is InChI=1S/C24H26N6/c1-4-12-29(13-5-1)24-21(14-20-6-2-3-7-23(20)28-24)16-25-15-19-8-10-22(11-9-19)30-18-26-17-27-30/h2-3,6-11,14,17-18,25H,1,4-5,12-13,15-16H2. The molecule has 2 aromatic carbocycles. The summed E-state index contributed by atoms with van der Waals surface area (Å²) in [6.07, 6.45) is 7.08. The molecule has 152 valence electrons. The molecule has 1 fully saturated rings. The van der Waals surface area contributed by atoms with Crippen molar-refractivity contribution in [2.75, 3.05) is 18.0 Å². The van der Waals surface area contributed by atoms with E-state index in [0.717, 1.165) is 43.2 Å². The quantitative estimate of drug-likeness (QED) is 0.530. The van der Waals surface area contributed by atoms with Crippen LogP contribution in [0.5, 0.6) is 0 Å². The summed E-state index contributed by atoms with van der Waals surface area (Å²) in [5.74, 6) is 1.14. The van der Waals surface area contributed by atoms with E-state index in [1.165, 1.54) is 35.8 Å². The van der Waals surface area contributed by atoms with E-state index in [1.54, 1.807) is 17.3 Å². The zero-order chi connectivity index (χ0) is 20.2. The normalized spacial score (nSPS) is 14.3. The first kappa shape index (κ1) is 18.8. The molecule has 0 radical (unpaired) electrons. The molecule has 1 N–H and O–H groups in total. The Morgan fingerprint density at radius 3 is 2.53 bits per heavy atom. The number of aromatic nitrogens is 4. The van der Waals surface area contributed by atoms with Gasteiger partial charge in [0.1, 0.15) is 18.5 Å². The molecule has 6 nitrogen and oxygen atoms in total. The summed E-state index contributed by atoms with van der Waals surface area (Å²) in [4.78, 5) is 11.5. The number of nitrogens with zero attached hydrogens (tertiary/aromatic N) is 5. The van der Waals surface area contributed by atoms with Crippen molar-refractivity contribution < 1.29 is 0 Å². The Kier molecular flexibility index (Phi) is 5.40. The van der Waals surface area contributed by atoms with Gasteiger partial charge in [-0.25, -0.2) is 14.6 Å². The van der Waals surface area contributed by atoms with E-state index < -0.39 is 0 Å². The first-order valence-corrected chi connectivity index (χ1v) is 10.6. The summed E-state index contributed by atoms with van der Waals surface area (Å²) in [5.41, 5.74) is 4.61. The lowest BCUT2D eigenvalue weighted by Crippen LogP contribution is -2.31. The molecule has 2 aromatic heterocycles. The highest BCUT2D eigenvalue weighted by Crippen LogP contribution is 2.26. The number of hydrogen-bond acceptors (Lipinski definition) is 5. The van der Waals surface area contributed by atoms with E-state index in [9.17, 15) is 0 Å². The maximum absolute atomic E-state index is 5.03. The van der Waals surface area contributed by atoms with Gasteiger partial charge < -0.3 is 10.2 Å². The molecular formula is C24H26N6. The van der Waals surface area contributed by atoms with Crippen molar-refractivity contribution in [1.82, 2.24) is 25.1 Å². The van der Waals surface area contributed by atoms with Crippen LogP contribution in [0.25, 0.3) is 16.6 Å². The number of hydrogen-bond donors (Lipinski definition) is 1. The Hall–Kier alpha value is -3.25. The molecule has 0 bridgehead atoms. The van der Waals surface area contributed by atoms with Crippen LogP contribution in [-0.2, 0) is 13.1 Å². The van der Waals surface area contributed by atoms with Crippen molar-refractivity contribution in [2.45, 2.75) is 32.4 Å². The van der Waals surface area contributed by atoms with E-state index in [4.69, 9.17) is 4.98 Å². The van der Waals surface area contributed by atoms with E-state index in [0.29, 0.717) is 0 Å². The summed E-state index contributed by atoms with van der Waals surface area (Å²) in [6.45, 7) is 3.81. The minimum absolute atomic E-state index is 0.800. The van der Waals surface area contributed by atoms with Gasteiger partial charge in [0.15, 0.2) is 0 Å². The van der Waals surface area contributed by atoms with Gasteiger partial charge in [0.2, 0.25) is 0 Å². The van der Waals surface area contributed by atoms with Gasteiger partial charge in [-0.2, -0.15) is 5.10 Å². The molecule has 0 spiro atoms. The molecule has 1 aliphatic heterocycles. The Labute approximate surface area is 176 Å². The largest absolute Gasteiger partial charge is 0.356 e. The van der Waals surface area contributed by atoms with Gasteiger partial charge in [0.25, 0.3) is 0 Å². The van der Waals surface area contributed by atoms with Crippen LogP contribution in [-0.4, -0.2) is 32.8 Å². The minimum Gasteiger partial charge on any atom is -0.356 e. The summed E-state index contributed by atoms with van der Waals surface area (Å²) < 4.78 is 1.77. The average Bonchev–Trinajstić information content (AvgIpc) is 3.35. The fourth-order valence-electron chi connectivity index (χ4n) is 4.11. The molecule has 0 amide bonds. The number of rotatable bonds is 6. The molecule has 3 heterocycles. The van der Waals surface area contributed by atoms with Crippen LogP contribution < -0.4 is 10.2 Å². The zero-order valence-electron chi connectivity index (χ0n) is 17.0. The Bertz CT molecular complexity index is 1100. The van der Waals surface area contributed by atoms with Crippen molar-refractivity contribution in [3.63, 3.8) is 0 Å². The topological polar surface area (TPSA) is 58.9 Å². The van der Waals surface area contributed by atoms with Crippen LogP contribution in [0.2, 0.25) is 0 Å². The third-order valence-corrected chi connectivity index (χ3v) is 5.70. The minimum atomic E-state index is 0.800. The van der Waals surface area contributed by atoms with Crippen molar-refractivity contribution in [3.8, 4) is 5.69 Å². The number of piperidine rings is 1. The summed E-state index contributed by atoms with van der Waals surface area (Å²) >= 11 is 0. The van der Waals surface area contributed by atoms with E-state index in [-0.39, 0.29) is 0 Å². The van der Waals surface area contributed by atoms with Crippen LogP contribution in [0, 0.1) is 0 Å². The molecule has 1 aliphatic rings. The maximum atomic E-state index is 5.03. The van der Waals surface area contributed by atoms with Gasteiger partial charge in [-0.15, -0.1) is 0 Å². The summed E-state index contributed by atoms with van der Waals surface area (Å²) in [7, 11) is 0. The fraction of sp³-hybridized carbons (Fsp3) is 0.292. The highest BCUT2D eigenvalue weighted by atomic mass is 15.3. The monoisotopic (exact) mass is 398 g/mol. The van der Waals surface area contributed by atoms with Gasteiger partial charge >= 0.3 is 0 Å². The van der Waals surface area contributed by atoms with Crippen LogP contribution in [0.4, 0.5) is 5.82 Å². The third kappa shape index (κ3) is 4.04.